The highest BCUT2D eigenvalue weighted by Gasteiger charge is 2.30. The van der Waals surface area contributed by atoms with E-state index >= 15 is 0 Å². The monoisotopic (exact) mass is 273 g/mol. The van der Waals surface area contributed by atoms with E-state index in [1.807, 2.05) is 0 Å². The van der Waals surface area contributed by atoms with Gasteiger partial charge in [-0.1, -0.05) is 12.1 Å². The molecule has 19 heavy (non-hydrogen) atoms. The highest BCUT2D eigenvalue weighted by atomic mass is 19.4. The molecule has 1 aromatic rings. The molecule has 1 saturated heterocycles. The third-order valence-electron chi connectivity index (χ3n) is 3.41. The second-order valence-corrected chi connectivity index (χ2v) is 5.20. The molecular weight excluding hydrogens is 255 g/mol. The maximum absolute atomic E-state index is 12.4. The predicted molar refractivity (Wildman–Crippen MR) is 66.7 cm³/mol. The fourth-order valence-corrected chi connectivity index (χ4v) is 2.26. The van der Waals surface area contributed by atoms with Crippen molar-refractivity contribution in [3.63, 3.8) is 0 Å². The molecule has 0 aliphatic carbocycles. The normalized spacial score (nSPS) is 23.8. The van der Waals surface area contributed by atoms with E-state index in [4.69, 9.17) is 4.74 Å². The Bertz CT molecular complexity index is 408. The van der Waals surface area contributed by atoms with Gasteiger partial charge in [-0.3, -0.25) is 0 Å². The zero-order chi connectivity index (χ0) is 13.9. The predicted octanol–water partition coefficient (Wildman–Crippen LogP) is 3.36. The van der Waals surface area contributed by atoms with E-state index in [0.29, 0.717) is 13.1 Å². The summed E-state index contributed by atoms with van der Waals surface area (Å²) in [6.07, 6.45) is -2.18. The third-order valence-corrected chi connectivity index (χ3v) is 3.41. The highest BCUT2D eigenvalue weighted by Crippen LogP contribution is 2.29. The maximum Gasteiger partial charge on any atom is 0.416 e. The smallest absolute Gasteiger partial charge is 0.374 e. The minimum atomic E-state index is -4.27. The molecule has 0 radical (unpaired) electrons. The quantitative estimate of drug-likeness (QED) is 0.908. The van der Waals surface area contributed by atoms with Crippen LogP contribution in [-0.2, 0) is 17.5 Å². The number of alkyl halides is 3. The largest absolute Gasteiger partial charge is 0.416 e. The Morgan fingerprint density at radius 3 is 2.47 bits per heavy atom. The molecule has 1 fully saturated rings. The Morgan fingerprint density at radius 2 is 1.95 bits per heavy atom. The molecule has 2 rings (SSSR count). The molecule has 1 N–H and O–H groups in total. The van der Waals surface area contributed by atoms with Crippen molar-refractivity contribution in [2.45, 2.75) is 38.1 Å². The summed E-state index contributed by atoms with van der Waals surface area (Å²) >= 11 is 0. The second-order valence-electron chi connectivity index (χ2n) is 5.20. The van der Waals surface area contributed by atoms with Gasteiger partial charge in [0, 0.05) is 19.7 Å². The van der Waals surface area contributed by atoms with Gasteiger partial charge in [0.15, 0.2) is 0 Å². The SMILES string of the molecule is CC1(CNCc2ccc(C(F)(F)F)cc2)CCCO1. The van der Waals surface area contributed by atoms with Gasteiger partial charge in [-0.05, 0) is 37.5 Å². The first kappa shape index (κ1) is 14.3. The highest BCUT2D eigenvalue weighted by molar-refractivity contribution is 5.24. The molecule has 1 heterocycles. The van der Waals surface area contributed by atoms with Gasteiger partial charge in [0.1, 0.15) is 0 Å². The first-order chi connectivity index (χ1) is 8.89. The Morgan fingerprint density at radius 1 is 1.26 bits per heavy atom. The van der Waals surface area contributed by atoms with Crippen molar-refractivity contribution >= 4 is 0 Å². The van der Waals surface area contributed by atoms with Crippen molar-refractivity contribution in [3.05, 3.63) is 35.4 Å². The topological polar surface area (TPSA) is 21.3 Å². The molecule has 0 bridgehead atoms. The minimum absolute atomic E-state index is 0.133. The molecule has 2 nitrogen and oxygen atoms in total. The number of rotatable bonds is 4. The molecule has 106 valence electrons. The van der Waals surface area contributed by atoms with Gasteiger partial charge in [-0.25, -0.2) is 0 Å². The zero-order valence-corrected chi connectivity index (χ0v) is 10.9. The summed E-state index contributed by atoms with van der Waals surface area (Å²) in [7, 11) is 0. The average Bonchev–Trinajstić information content (AvgIpc) is 2.76. The van der Waals surface area contributed by atoms with Gasteiger partial charge < -0.3 is 10.1 Å². The van der Waals surface area contributed by atoms with E-state index in [0.717, 1.165) is 37.1 Å². The van der Waals surface area contributed by atoms with Crippen LogP contribution in [0.25, 0.3) is 0 Å². The number of benzene rings is 1. The van der Waals surface area contributed by atoms with Crippen LogP contribution in [-0.4, -0.2) is 18.8 Å². The molecule has 0 aromatic heterocycles. The van der Waals surface area contributed by atoms with E-state index in [9.17, 15) is 13.2 Å². The lowest BCUT2D eigenvalue weighted by Gasteiger charge is -2.23. The Labute approximate surface area is 111 Å². The molecule has 0 saturated carbocycles. The lowest BCUT2D eigenvalue weighted by atomic mass is 10.0. The molecule has 5 heteroatoms. The third kappa shape index (κ3) is 3.94. The van der Waals surface area contributed by atoms with Crippen molar-refractivity contribution < 1.29 is 17.9 Å². The first-order valence-electron chi connectivity index (χ1n) is 6.40. The fourth-order valence-electron chi connectivity index (χ4n) is 2.26. The Kier molecular flexibility index (Phi) is 4.16. The summed E-state index contributed by atoms with van der Waals surface area (Å²) in [5.41, 5.74) is 0.100. The Hall–Kier alpha value is -1.07. The van der Waals surface area contributed by atoms with Gasteiger partial charge in [-0.15, -0.1) is 0 Å². The number of nitrogens with one attached hydrogen (secondary N) is 1. The lowest BCUT2D eigenvalue weighted by Crippen LogP contribution is -2.36. The maximum atomic E-state index is 12.4. The number of halogens is 3. The van der Waals surface area contributed by atoms with E-state index in [1.54, 1.807) is 0 Å². The van der Waals surface area contributed by atoms with Crippen molar-refractivity contribution in [3.8, 4) is 0 Å². The molecule has 1 aliphatic rings. The van der Waals surface area contributed by atoms with Gasteiger partial charge in [0.05, 0.1) is 11.2 Å². The van der Waals surface area contributed by atoms with Crippen LogP contribution in [0.5, 0.6) is 0 Å². The molecular formula is C14H18F3NO. The average molecular weight is 273 g/mol. The molecule has 1 atom stereocenters. The molecule has 1 aliphatic heterocycles. The van der Waals surface area contributed by atoms with Crippen molar-refractivity contribution in [1.29, 1.82) is 0 Å². The van der Waals surface area contributed by atoms with Crippen molar-refractivity contribution in [2.24, 2.45) is 0 Å². The van der Waals surface area contributed by atoms with Gasteiger partial charge in [0.2, 0.25) is 0 Å². The number of hydrogen-bond acceptors (Lipinski definition) is 2. The van der Waals surface area contributed by atoms with Crippen molar-refractivity contribution in [2.75, 3.05) is 13.2 Å². The summed E-state index contributed by atoms with van der Waals surface area (Å²) in [5, 5.41) is 3.24. The zero-order valence-electron chi connectivity index (χ0n) is 10.9. The van der Waals surface area contributed by atoms with E-state index < -0.39 is 11.7 Å². The van der Waals surface area contributed by atoms with Crippen LogP contribution < -0.4 is 5.32 Å². The first-order valence-corrected chi connectivity index (χ1v) is 6.40. The van der Waals surface area contributed by atoms with E-state index in [-0.39, 0.29) is 5.60 Å². The van der Waals surface area contributed by atoms with E-state index in [2.05, 4.69) is 12.2 Å². The van der Waals surface area contributed by atoms with Gasteiger partial charge >= 0.3 is 6.18 Å². The molecule has 0 spiro atoms. The summed E-state index contributed by atoms with van der Waals surface area (Å²) in [4.78, 5) is 0. The van der Waals surface area contributed by atoms with Gasteiger partial charge in [0.25, 0.3) is 0 Å². The van der Waals surface area contributed by atoms with E-state index in [1.165, 1.54) is 12.1 Å². The second kappa shape index (κ2) is 5.51. The number of ether oxygens (including phenoxy) is 1. The summed E-state index contributed by atoms with van der Waals surface area (Å²) in [6, 6.07) is 5.25. The Balaban J connectivity index is 1.83. The van der Waals surface area contributed by atoms with Crippen LogP contribution in [0.4, 0.5) is 13.2 Å². The summed E-state index contributed by atoms with van der Waals surface area (Å²) in [6.45, 7) is 4.11. The minimum Gasteiger partial charge on any atom is -0.374 e. The van der Waals surface area contributed by atoms with Crippen LogP contribution in [0.15, 0.2) is 24.3 Å². The summed E-state index contributed by atoms with van der Waals surface area (Å²) < 4.78 is 42.8. The standard InChI is InChI=1S/C14H18F3NO/c1-13(7-2-8-19-13)10-18-9-11-3-5-12(6-4-11)14(15,16)17/h3-6,18H,2,7-10H2,1H3. The fraction of sp³-hybridized carbons (Fsp3) is 0.571. The van der Waals surface area contributed by atoms with Crippen molar-refractivity contribution in [1.82, 2.24) is 5.32 Å². The molecule has 0 amide bonds. The van der Waals surface area contributed by atoms with Crippen LogP contribution in [0, 0.1) is 0 Å². The van der Waals surface area contributed by atoms with Crippen LogP contribution >= 0.6 is 0 Å². The number of hydrogen-bond donors (Lipinski definition) is 1. The van der Waals surface area contributed by atoms with Gasteiger partial charge in [-0.2, -0.15) is 13.2 Å². The molecule has 1 unspecified atom stereocenters. The van der Waals surface area contributed by atoms with Crippen LogP contribution in [0.3, 0.4) is 0 Å². The molecule has 1 aromatic carbocycles. The van der Waals surface area contributed by atoms with Crippen LogP contribution in [0.2, 0.25) is 0 Å². The lowest BCUT2D eigenvalue weighted by molar-refractivity contribution is -0.137. The van der Waals surface area contributed by atoms with Crippen LogP contribution in [0.1, 0.15) is 30.9 Å². The summed E-state index contributed by atoms with van der Waals surface area (Å²) in [5.74, 6) is 0.